The van der Waals surface area contributed by atoms with Gasteiger partial charge < -0.3 is 69.3 Å². The molecule has 2 aliphatic rings. The molecule has 0 radical (unpaired) electrons. The van der Waals surface area contributed by atoms with Crippen LogP contribution < -0.4 is 5.43 Å². The molecule has 17 heteroatoms. The van der Waals surface area contributed by atoms with E-state index in [1.54, 1.807) is 0 Å². The number of aliphatic hydroxyl groups excluding tert-OH is 5. The summed E-state index contributed by atoms with van der Waals surface area (Å²) in [7, 11) is 0. The standard InChI is InChI=1S/C29H30O17/c30-11-3-1-10(2-4-11)16-6-14(33)20-12(31)5-13(32)21(26(20)44-16)27-28(46-29-25(41)22(38)15(34)8-43-29)24(40)23(39)17(45-27)9-42-19(37)7-18(35)36/h1-6,15,17,22-25,27-32,34,38-41H,7-9H2,(H,35,36)/t15-,17?,22+,23-,24+,25?,27+,28?,29+/m1/s1. The molecule has 2 aliphatic heterocycles. The Kier molecular flexibility index (Phi) is 9.47. The number of esters is 1. The summed E-state index contributed by atoms with van der Waals surface area (Å²) in [6.07, 6.45) is -17.0. The van der Waals surface area contributed by atoms with Gasteiger partial charge in [0.1, 0.15) is 90.3 Å². The zero-order valence-corrected chi connectivity index (χ0v) is 23.6. The third-order valence-corrected chi connectivity index (χ3v) is 7.57. The van der Waals surface area contributed by atoms with Crippen molar-refractivity contribution in [2.24, 2.45) is 0 Å². The number of hydrogen-bond donors (Lipinski definition) is 9. The van der Waals surface area contributed by atoms with Crippen LogP contribution in [0.2, 0.25) is 0 Å². The number of aliphatic carboxylic acids is 1. The zero-order valence-electron chi connectivity index (χ0n) is 23.6. The smallest absolute Gasteiger partial charge is 0.317 e. The van der Waals surface area contributed by atoms with Crippen LogP contribution in [0, 0.1) is 0 Å². The minimum absolute atomic E-state index is 0.0918. The molecule has 2 aromatic carbocycles. The Bertz CT molecular complexity index is 1650. The van der Waals surface area contributed by atoms with E-state index in [1.807, 2.05) is 0 Å². The Morgan fingerprint density at radius 1 is 0.891 bits per heavy atom. The number of carboxylic acid groups (broad SMARTS) is 1. The van der Waals surface area contributed by atoms with Crippen LogP contribution in [0.15, 0.2) is 45.6 Å². The second kappa shape index (κ2) is 13.2. The number of ether oxygens (including phenoxy) is 4. The molecule has 0 spiro atoms. The third-order valence-electron chi connectivity index (χ3n) is 7.57. The summed E-state index contributed by atoms with van der Waals surface area (Å²) >= 11 is 0. The number of benzene rings is 2. The maximum atomic E-state index is 13.2. The van der Waals surface area contributed by atoms with Gasteiger partial charge in [-0.05, 0) is 24.3 Å². The van der Waals surface area contributed by atoms with E-state index in [0.717, 1.165) is 12.1 Å². The molecule has 0 aliphatic carbocycles. The van der Waals surface area contributed by atoms with Gasteiger partial charge in [-0.1, -0.05) is 0 Å². The van der Waals surface area contributed by atoms with Gasteiger partial charge in [0, 0.05) is 17.7 Å². The van der Waals surface area contributed by atoms with Gasteiger partial charge in [-0.15, -0.1) is 0 Å². The van der Waals surface area contributed by atoms with E-state index in [1.165, 1.54) is 24.3 Å². The summed E-state index contributed by atoms with van der Waals surface area (Å²) in [5, 5.41) is 92.4. The van der Waals surface area contributed by atoms with Crippen LogP contribution in [-0.2, 0) is 28.5 Å². The largest absolute Gasteiger partial charge is 0.508 e. The van der Waals surface area contributed by atoms with Crippen molar-refractivity contribution in [3.63, 3.8) is 0 Å². The first-order chi connectivity index (χ1) is 21.8. The van der Waals surface area contributed by atoms with Gasteiger partial charge in [0.2, 0.25) is 0 Å². The van der Waals surface area contributed by atoms with E-state index in [0.29, 0.717) is 0 Å². The van der Waals surface area contributed by atoms with Crippen LogP contribution in [0.3, 0.4) is 0 Å². The fourth-order valence-corrected chi connectivity index (χ4v) is 5.23. The third kappa shape index (κ3) is 6.48. The van der Waals surface area contributed by atoms with Crippen molar-refractivity contribution < 1.29 is 78.9 Å². The fraction of sp³-hybridized carbons (Fsp3) is 0.414. The molecule has 1 aromatic heterocycles. The number of carbonyl (C=O) groups is 2. The molecule has 3 heterocycles. The number of carbonyl (C=O) groups excluding carboxylic acids is 1. The molecule has 0 saturated carbocycles. The molecule has 9 atom stereocenters. The van der Waals surface area contributed by atoms with Gasteiger partial charge >= 0.3 is 11.9 Å². The van der Waals surface area contributed by atoms with Crippen LogP contribution in [0.4, 0.5) is 0 Å². The molecule has 9 N–H and O–H groups in total. The topological polar surface area (TPSA) is 283 Å². The van der Waals surface area contributed by atoms with E-state index < -0.39 is 120 Å². The summed E-state index contributed by atoms with van der Waals surface area (Å²) in [6.45, 7) is -1.32. The second-order valence-electron chi connectivity index (χ2n) is 10.7. The van der Waals surface area contributed by atoms with E-state index in [9.17, 15) is 55.2 Å². The number of rotatable bonds is 8. The Labute approximate surface area is 257 Å². The predicted octanol–water partition coefficient (Wildman–Crippen LogP) is -1.42. The number of fused-ring (bicyclic) bond motifs is 1. The molecule has 3 aromatic rings. The van der Waals surface area contributed by atoms with Crippen molar-refractivity contribution in [2.75, 3.05) is 13.2 Å². The van der Waals surface area contributed by atoms with Crippen molar-refractivity contribution in [1.29, 1.82) is 0 Å². The minimum atomic E-state index is -2.00. The van der Waals surface area contributed by atoms with E-state index in [2.05, 4.69) is 0 Å². The first kappa shape index (κ1) is 33.0. The highest BCUT2D eigenvalue weighted by atomic mass is 16.7. The van der Waals surface area contributed by atoms with E-state index in [-0.39, 0.29) is 17.1 Å². The van der Waals surface area contributed by atoms with Gasteiger partial charge in [-0.2, -0.15) is 0 Å². The van der Waals surface area contributed by atoms with Crippen LogP contribution in [0.25, 0.3) is 22.3 Å². The molecule has 5 rings (SSSR count). The molecule has 2 saturated heterocycles. The number of phenols is 3. The monoisotopic (exact) mass is 650 g/mol. The molecule has 2 fully saturated rings. The van der Waals surface area contributed by atoms with Crippen LogP contribution in [-0.4, -0.2) is 120 Å². The van der Waals surface area contributed by atoms with Crippen molar-refractivity contribution in [1.82, 2.24) is 0 Å². The second-order valence-corrected chi connectivity index (χ2v) is 10.7. The Morgan fingerprint density at radius 3 is 2.26 bits per heavy atom. The van der Waals surface area contributed by atoms with Gasteiger partial charge in [-0.3, -0.25) is 14.4 Å². The first-order valence-electron chi connectivity index (χ1n) is 13.8. The zero-order chi connectivity index (χ0) is 33.4. The SMILES string of the molecule is O=C(O)CC(=O)OCC1O[C@@H](c2c(O)cc(O)c3c(=O)cc(-c4ccc(O)cc4)oc23)C(O[C@@H]2OC[C@@H](O)[C@H](O)C2O)[C@@H](O)[C@@H]1O. The first-order valence-corrected chi connectivity index (χ1v) is 13.8. The van der Waals surface area contributed by atoms with Crippen molar-refractivity contribution in [3.05, 3.63) is 52.2 Å². The molecular formula is C29H30O17. The lowest BCUT2D eigenvalue weighted by Gasteiger charge is -2.45. The van der Waals surface area contributed by atoms with Crippen LogP contribution in [0.1, 0.15) is 18.1 Å². The lowest BCUT2D eigenvalue weighted by Crippen LogP contribution is -2.60. The van der Waals surface area contributed by atoms with Gasteiger partial charge in [0.25, 0.3) is 0 Å². The van der Waals surface area contributed by atoms with Crippen molar-refractivity contribution >= 4 is 22.9 Å². The van der Waals surface area contributed by atoms with Gasteiger partial charge in [0.15, 0.2) is 17.3 Å². The molecular weight excluding hydrogens is 620 g/mol. The number of hydrogen-bond acceptors (Lipinski definition) is 16. The van der Waals surface area contributed by atoms with Gasteiger partial charge in [-0.25, -0.2) is 0 Å². The number of aromatic hydroxyl groups is 3. The van der Waals surface area contributed by atoms with Crippen LogP contribution in [0.5, 0.6) is 17.2 Å². The highest BCUT2D eigenvalue weighted by Crippen LogP contribution is 2.45. The summed E-state index contributed by atoms with van der Waals surface area (Å²) < 4.78 is 27.8. The average molecular weight is 651 g/mol. The Hall–Kier alpha value is -4.33. The Morgan fingerprint density at radius 2 is 1.59 bits per heavy atom. The van der Waals surface area contributed by atoms with Gasteiger partial charge in [0.05, 0.1) is 12.2 Å². The predicted molar refractivity (Wildman–Crippen MR) is 148 cm³/mol. The van der Waals surface area contributed by atoms with Crippen molar-refractivity contribution in [3.8, 4) is 28.6 Å². The minimum Gasteiger partial charge on any atom is -0.508 e. The highest BCUT2D eigenvalue weighted by molar-refractivity contribution is 5.90. The number of phenolic OH excluding ortho intramolecular Hbond substituents is 3. The average Bonchev–Trinajstić information content (AvgIpc) is 2.99. The van der Waals surface area contributed by atoms with E-state index >= 15 is 0 Å². The number of carboxylic acids is 1. The molecule has 3 unspecified atom stereocenters. The van der Waals surface area contributed by atoms with Crippen LogP contribution >= 0.6 is 0 Å². The lowest BCUT2D eigenvalue weighted by molar-refractivity contribution is -0.325. The highest BCUT2D eigenvalue weighted by Gasteiger charge is 2.51. The summed E-state index contributed by atoms with van der Waals surface area (Å²) in [6, 6.07) is 7.25. The van der Waals surface area contributed by atoms with E-state index in [4.69, 9.17) is 28.5 Å². The number of aliphatic hydroxyl groups is 5. The molecule has 0 amide bonds. The maximum Gasteiger partial charge on any atom is 0.317 e. The molecule has 248 valence electrons. The molecule has 46 heavy (non-hydrogen) atoms. The molecule has 0 bridgehead atoms. The maximum absolute atomic E-state index is 13.2. The summed E-state index contributed by atoms with van der Waals surface area (Å²) in [5.74, 6) is -4.37. The summed E-state index contributed by atoms with van der Waals surface area (Å²) in [4.78, 5) is 36.0. The Balaban J connectivity index is 1.62. The normalized spacial score (nSPS) is 29.8. The van der Waals surface area contributed by atoms with Crippen molar-refractivity contribution in [2.45, 2.75) is 61.5 Å². The fourth-order valence-electron chi connectivity index (χ4n) is 5.23. The quantitative estimate of drug-likeness (QED) is 0.0998. The lowest BCUT2D eigenvalue weighted by atomic mass is 9.89. The summed E-state index contributed by atoms with van der Waals surface area (Å²) in [5.41, 5.74) is -1.40. The molecule has 17 nitrogen and oxygen atoms in total.